The Hall–Kier alpha value is -2.67. The van der Waals surface area contributed by atoms with E-state index in [0.717, 1.165) is 16.7 Å². The van der Waals surface area contributed by atoms with Gasteiger partial charge in [-0.05, 0) is 34.9 Å². The Morgan fingerprint density at radius 1 is 1.21 bits per heavy atom. The minimum absolute atomic E-state index is 0.107. The highest BCUT2D eigenvalue weighted by Crippen LogP contribution is 2.19. The number of benzene rings is 1. The topological polar surface area (TPSA) is 65.8 Å². The highest BCUT2D eigenvalue weighted by molar-refractivity contribution is 5.78. The van der Waals surface area contributed by atoms with E-state index >= 15 is 0 Å². The quantitative estimate of drug-likeness (QED) is 0.906. The number of hydrogen-bond donors (Lipinski definition) is 1. The van der Waals surface area contributed by atoms with Crippen molar-refractivity contribution in [2.24, 2.45) is 0 Å². The lowest BCUT2D eigenvalue weighted by Crippen LogP contribution is -2.21. The van der Waals surface area contributed by atoms with Crippen LogP contribution in [0.4, 0.5) is 0 Å². The summed E-state index contributed by atoms with van der Waals surface area (Å²) in [7, 11) is 0. The minimum Gasteiger partial charge on any atom is -0.351 e. The summed E-state index contributed by atoms with van der Waals surface area (Å²) in [4.78, 5) is 15.2. The zero-order chi connectivity index (χ0) is 13.5. The average molecular weight is 251 g/mol. The van der Waals surface area contributed by atoms with Crippen molar-refractivity contribution in [3.63, 3.8) is 0 Å². The van der Waals surface area contributed by atoms with Gasteiger partial charge in [0.25, 0.3) is 0 Å². The van der Waals surface area contributed by atoms with Crippen LogP contribution in [0, 0.1) is 11.3 Å². The van der Waals surface area contributed by atoms with E-state index in [1.54, 1.807) is 12.4 Å². The summed E-state index contributed by atoms with van der Waals surface area (Å²) in [6, 6.07) is 13.6. The van der Waals surface area contributed by atoms with E-state index in [0.29, 0.717) is 6.54 Å². The summed E-state index contributed by atoms with van der Waals surface area (Å²) in [5.74, 6) is -0.253. The van der Waals surface area contributed by atoms with E-state index in [-0.39, 0.29) is 12.3 Å². The number of nitrogens with zero attached hydrogens (tertiary/aromatic N) is 2. The van der Waals surface area contributed by atoms with Crippen molar-refractivity contribution >= 4 is 5.91 Å². The van der Waals surface area contributed by atoms with E-state index in [4.69, 9.17) is 5.26 Å². The van der Waals surface area contributed by atoms with E-state index in [2.05, 4.69) is 10.3 Å². The molecule has 0 radical (unpaired) electrons. The van der Waals surface area contributed by atoms with Crippen molar-refractivity contribution in [3.8, 4) is 17.2 Å². The number of carbonyl (C=O) groups excluding carboxylic acids is 1. The fraction of sp³-hybridized carbons (Fsp3) is 0.133. The molecule has 4 heteroatoms. The SMILES string of the molecule is N#CCC(=O)NCc1cccc(-c2ccncc2)c1. The zero-order valence-electron chi connectivity index (χ0n) is 10.3. The molecule has 2 aromatic rings. The van der Waals surface area contributed by atoms with Gasteiger partial charge in [0, 0.05) is 18.9 Å². The molecule has 0 aliphatic heterocycles. The molecule has 1 aromatic carbocycles. The second kappa shape index (κ2) is 6.31. The van der Waals surface area contributed by atoms with Crippen molar-refractivity contribution in [3.05, 3.63) is 54.4 Å². The maximum atomic E-state index is 11.2. The number of pyridine rings is 1. The van der Waals surface area contributed by atoms with Crippen LogP contribution in [0.15, 0.2) is 48.8 Å². The predicted molar refractivity (Wildman–Crippen MR) is 71.7 cm³/mol. The number of nitrogens with one attached hydrogen (secondary N) is 1. The van der Waals surface area contributed by atoms with Crippen LogP contribution in [-0.2, 0) is 11.3 Å². The second-order valence-electron chi connectivity index (χ2n) is 4.05. The molecule has 0 spiro atoms. The summed E-state index contributed by atoms with van der Waals surface area (Å²) in [6.07, 6.45) is 3.39. The number of carbonyl (C=O) groups is 1. The Kier molecular flexibility index (Phi) is 4.25. The summed E-state index contributed by atoms with van der Waals surface area (Å²) in [6.45, 7) is 0.430. The first-order valence-electron chi connectivity index (χ1n) is 5.92. The second-order valence-corrected chi connectivity index (χ2v) is 4.05. The molecule has 0 saturated heterocycles. The summed E-state index contributed by atoms with van der Waals surface area (Å²) >= 11 is 0. The number of rotatable bonds is 4. The molecule has 1 N–H and O–H groups in total. The predicted octanol–water partition coefficient (Wildman–Crippen LogP) is 2.28. The van der Waals surface area contributed by atoms with Gasteiger partial charge in [-0.2, -0.15) is 5.26 Å². The first-order valence-corrected chi connectivity index (χ1v) is 5.92. The van der Waals surface area contributed by atoms with E-state index < -0.39 is 0 Å². The van der Waals surface area contributed by atoms with Gasteiger partial charge >= 0.3 is 0 Å². The van der Waals surface area contributed by atoms with Gasteiger partial charge in [-0.15, -0.1) is 0 Å². The lowest BCUT2D eigenvalue weighted by Gasteiger charge is -2.06. The average Bonchev–Trinajstić information content (AvgIpc) is 2.47. The largest absolute Gasteiger partial charge is 0.351 e. The van der Waals surface area contributed by atoms with Gasteiger partial charge in [-0.25, -0.2) is 0 Å². The van der Waals surface area contributed by atoms with Gasteiger partial charge in [-0.3, -0.25) is 9.78 Å². The molecule has 0 fully saturated rings. The minimum atomic E-state index is -0.253. The molecule has 1 heterocycles. The maximum absolute atomic E-state index is 11.2. The Labute approximate surface area is 111 Å². The van der Waals surface area contributed by atoms with Crippen LogP contribution in [0.3, 0.4) is 0 Å². The van der Waals surface area contributed by atoms with Crippen molar-refractivity contribution in [2.45, 2.75) is 13.0 Å². The summed E-state index contributed by atoms with van der Waals surface area (Å²) in [5, 5.41) is 11.1. The van der Waals surface area contributed by atoms with Gasteiger partial charge in [0.15, 0.2) is 0 Å². The van der Waals surface area contributed by atoms with E-state index in [1.165, 1.54) is 0 Å². The highest BCUT2D eigenvalue weighted by atomic mass is 16.1. The molecule has 1 amide bonds. The fourth-order valence-corrected chi connectivity index (χ4v) is 1.74. The molecule has 0 unspecified atom stereocenters. The van der Waals surface area contributed by atoms with Crippen LogP contribution < -0.4 is 5.32 Å². The number of nitriles is 1. The summed E-state index contributed by atoms with van der Waals surface area (Å²) < 4.78 is 0. The third-order valence-electron chi connectivity index (χ3n) is 2.67. The molecule has 2 rings (SSSR count). The molecule has 0 bridgehead atoms. The Balaban J connectivity index is 2.08. The van der Waals surface area contributed by atoms with Crippen molar-refractivity contribution in [1.82, 2.24) is 10.3 Å². The third-order valence-corrected chi connectivity index (χ3v) is 2.67. The van der Waals surface area contributed by atoms with Gasteiger partial charge in [0.1, 0.15) is 6.42 Å². The van der Waals surface area contributed by atoms with Crippen LogP contribution in [0.1, 0.15) is 12.0 Å². The molecule has 4 nitrogen and oxygen atoms in total. The molecule has 0 aliphatic rings. The molecule has 0 aliphatic carbocycles. The van der Waals surface area contributed by atoms with Crippen molar-refractivity contribution in [1.29, 1.82) is 5.26 Å². The molecular weight excluding hydrogens is 238 g/mol. The van der Waals surface area contributed by atoms with Crippen LogP contribution in [-0.4, -0.2) is 10.9 Å². The van der Waals surface area contributed by atoms with Gasteiger partial charge < -0.3 is 5.32 Å². The Morgan fingerprint density at radius 2 is 2.00 bits per heavy atom. The van der Waals surface area contributed by atoms with E-state index in [1.807, 2.05) is 42.5 Å². The molecule has 1 aromatic heterocycles. The molecule has 0 saturated carbocycles. The third kappa shape index (κ3) is 3.65. The van der Waals surface area contributed by atoms with Crippen molar-refractivity contribution in [2.75, 3.05) is 0 Å². The molecular formula is C15H13N3O. The summed E-state index contributed by atoms with van der Waals surface area (Å²) in [5.41, 5.74) is 3.16. The smallest absolute Gasteiger partial charge is 0.234 e. The molecule has 0 atom stereocenters. The fourth-order valence-electron chi connectivity index (χ4n) is 1.74. The Bertz CT molecular complexity index is 602. The standard InChI is InChI=1S/C15H13N3O/c16-7-4-15(19)18-11-12-2-1-3-14(10-12)13-5-8-17-9-6-13/h1-3,5-6,8-10H,4,11H2,(H,18,19). The van der Waals surface area contributed by atoms with Crippen LogP contribution in [0.2, 0.25) is 0 Å². The van der Waals surface area contributed by atoms with Crippen LogP contribution in [0.25, 0.3) is 11.1 Å². The molecule has 94 valence electrons. The highest BCUT2D eigenvalue weighted by Gasteiger charge is 2.02. The van der Waals surface area contributed by atoms with Gasteiger partial charge in [-0.1, -0.05) is 18.2 Å². The monoisotopic (exact) mass is 251 g/mol. The number of amides is 1. The Morgan fingerprint density at radius 3 is 2.74 bits per heavy atom. The van der Waals surface area contributed by atoms with E-state index in [9.17, 15) is 4.79 Å². The first-order chi connectivity index (χ1) is 9.29. The lowest BCUT2D eigenvalue weighted by molar-refractivity contribution is -0.120. The number of aromatic nitrogens is 1. The normalized spacial score (nSPS) is 9.63. The zero-order valence-corrected chi connectivity index (χ0v) is 10.3. The molecule has 19 heavy (non-hydrogen) atoms. The van der Waals surface area contributed by atoms with Crippen LogP contribution >= 0.6 is 0 Å². The number of hydrogen-bond acceptors (Lipinski definition) is 3. The lowest BCUT2D eigenvalue weighted by atomic mass is 10.0. The van der Waals surface area contributed by atoms with Crippen LogP contribution in [0.5, 0.6) is 0 Å². The van der Waals surface area contributed by atoms with Gasteiger partial charge in [0.2, 0.25) is 5.91 Å². The maximum Gasteiger partial charge on any atom is 0.234 e. The van der Waals surface area contributed by atoms with Gasteiger partial charge in [0.05, 0.1) is 6.07 Å². The first kappa shape index (κ1) is 12.8. The van der Waals surface area contributed by atoms with Crippen molar-refractivity contribution < 1.29 is 4.79 Å².